The van der Waals surface area contributed by atoms with Crippen LogP contribution in [0.3, 0.4) is 0 Å². The molecule has 0 spiro atoms. The summed E-state index contributed by atoms with van der Waals surface area (Å²) in [6.45, 7) is 4.85. The Morgan fingerprint density at radius 2 is 1.95 bits per heavy atom. The van der Waals surface area contributed by atoms with Crippen LogP contribution < -0.4 is 5.32 Å². The number of nitrogens with zero attached hydrogens (tertiary/aromatic N) is 3. The van der Waals surface area contributed by atoms with Crippen LogP contribution in [0.2, 0.25) is 5.28 Å². The number of halogens is 1. The van der Waals surface area contributed by atoms with Gasteiger partial charge in [0.2, 0.25) is 5.28 Å². The third kappa shape index (κ3) is 2.46. The van der Waals surface area contributed by atoms with Crippen LogP contribution in [0.4, 0.5) is 5.82 Å². The Morgan fingerprint density at radius 1 is 1.20 bits per heavy atom. The van der Waals surface area contributed by atoms with Gasteiger partial charge in [-0.25, -0.2) is 9.97 Å². The second kappa shape index (κ2) is 5.34. The molecule has 0 unspecified atom stereocenters. The summed E-state index contributed by atoms with van der Waals surface area (Å²) in [7, 11) is 0. The van der Waals surface area contributed by atoms with E-state index in [-0.39, 0.29) is 5.28 Å². The van der Waals surface area contributed by atoms with Crippen LogP contribution in [-0.4, -0.2) is 15.0 Å². The van der Waals surface area contributed by atoms with E-state index in [1.807, 2.05) is 12.1 Å². The van der Waals surface area contributed by atoms with Crippen molar-refractivity contribution in [2.45, 2.75) is 20.4 Å². The van der Waals surface area contributed by atoms with Crippen LogP contribution in [0.15, 0.2) is 24.5 Å². The van der Waals surface area contributed by atoms with E-state index in [2.05, 4.69) is 34.1 Å². The maximum Gasteiger partial charge on any atom is 0.225 e. The summed E-state index contributed by atoms with van der Waals surface area (Å²) < 4.78 is 0. The average Bonchev–Trinajstić information content (AvgIpc) is 2.72. The number of pyridine rings is 1. The lowest BCUT2D eigenvalue weighted by Gasteiger charge is -2.08. The van der Waals surface area contributed by atoms with Crippen molar-refractivity contribution in [1.82, 2.24) is 15.0 Å². The highest BCUT2D eigenvalue weighted by molar-refractivity contribution is 7.18. The zero-order chi connectivity index (χ0) is 14.1. The van der Waals surface area contributed by atoms with Crippen molar-refractivity contribution in [3.63, 3.8) is 0 Å². The molecule has 3 heterocycles. The molecule has 6 heteroatoms. The van der Waals surface area contributed by atoms with Gasteiger partial charge in [-0.2, -0.15) is 0 Å². The first-order chi connectivity index (χ1) is 9.65. The largest absolute Gasteiger partial charge is 0.365 e. The quantitative estimate of drug-likeness (QED) is 0.744. The summed E-state index contributed by atoms with van der Waals surface area (Å²) in [5, 5.41) is 4.68. The number of anilines is 1. The standard InChI is InChI=1S/C14H13ClN4S/c1-8-9(2)20-13-11(8)12(18-14(15)19-13)17-7-10-3-5-16-6-4-10/h3-6H,7H2,1-2H3,(H,17,18,19). The first-order valence-electron chi connectivity index (χ1n) is 6.21. The zero-order valence-corrected chi connectivity index (χ0v) is 12.7. The van der Waals surface area contributed by atoms with Crippen LogP contribution in [0.25, 0.3) is 10.2 Å². The molecule has 0 aromatic carbocycles. The maximum atomic E-state index is 6.00. The number of aryl methyl sites for hydroxylation is 2. The van der Waals surface area contributed by atoms with Gasteiger partial charge in [0.25, 0.3) is 0 Å². The predicted octanol–water partition coefficient (Wildman–Crippen LogP) is 3.97. The second-order valence-corrected chi connectivity index (χ2v) is 6.05. The van der Waals surface area contributed by atoms with Crippen LogP contribution in [0.1, 0.15) is 16.0 Å². The summed E-state index contributed by atoms with van der Waals surface area (Å²) in [4.78, 5) is 14.8. The Hall–Kier alpha value is -1.72. The number of rotatable bonds is 3. The van der Waals surface area contributed by atoms with Crippen molar-refractivity contribution < 1.29 is 0 Å². The molecule has 0 aliphatic carbocycles. The number of hydrogen-bond acceptors (Lipinski definition) is 5. The molecule has 0 aliphatic rings. The molecule has 0 aliphatic heterocycles. The molecule has 4 nitrogen and oxygen atoms in total. The summed E-state index contributed by atoms with van der Waals surface area (Å²) in [6, 6.07) is 3.94. The van der Waals surface area contributed by atoms with Crippen LogP contribution >= 0.6 is 22.9 Å². The van der Waals surface area contributed by atoms with E-state index in [9.17, 15) is 0 Å². The number of thiophene rings is 1. The summed E-state index contributed by atoms with van der Waals surface area (Å²) in [5.41, 5.74) is 2.35. The van der Waals surface area contributed by atoms with E-state index in [1.165, 1.54) is 10.4 Å². The van der Waals surface area contributed by atoms with E-state index in [0.717, 1.165) is 21.6 Å². The molecule has 0 atom stereocenters. The Labute approximate surface area is 125 Å². The van der Waals surface area contributed by atoms with Gasteiger partial charge in [0.15, 0.2) is 0 Å². The summed E-state index contributed by atoms with van der Waals surface area (Å²) >= 11 is 7.64. The molecule has 0 bridgehead atoms. The SMILES string of the molecule is Cc1sc2nc(Cl)nc(NCc3ccncc3)c2c1C. The normalized spacial score (nSPS) is 10.9. The molecule has 0 fully saturated rings. The van der Waals surface area contributed by atoms with E-state index in [4.69, 9.17) is 11.6 Å². The van der Waals surface area contributed by atoms with Gasteiger partial charge in [-0.1, -0.05) is 0 Å². The Morgan fingerprint density at radius 3 is 2.70 bits per heavy atom. The molecule has 0 radical (unpaired) electrons. The second-order valence-electron chi connectivity index (χ2n) is 4.51. The summed E-state index contributed by atoms with van der Waals surface area (Å²) in [6.07, 6.45) is 3.55. The minimum Gasteiger partial charge on any atom is -0.365 e. The molecule has 3 rings (SSSR count). The zero-order valence-electron chi connectivity index (χ0n) is 11.1. The van der Waals surface area contributed by atoms with E-state index >= 15 is 0 Å². The van der Waals surface area contributed by atoms with E-state index in [1.54, 1.807) is 23.7 Å². The highest BCUT2D eigenvalue weighted by Gasteiger charge is 2.13. The van der Waals surface area contributed by atoms with Crippen LogP contribution in [0.5, 0.6) is 0 Å². The van der Waals surface area contributed by atoms with Gasteiger partial charge in [-0.3, -0.25) is 4.98 Å². The van der Waals surface area contributed by atoms with Gasteiger partial charge in [-0.05, 0) is 48.7 Å². The molecule has 102 valence electrons. The first-order valence-corrected chi connectivity index (χ1v) is 7.40. The van der Waals surface area contributed by atoms with Crippen molar-refractivity contribution in [2.24, 2.45) is 0 Å². The van der Waals surface area contributed by atoms with Gasteiger partial charge < -0.3 is 5.32 Å². The summed E-state index contributed by atoms with van der Waals surface area (Å²) in [5.74, 6) is 0.790. The van der Waals surface area contributed by atoms with Gasteiger partial charge >= 0.3 is 0 Å². The van der Waals surface area contributed by atoms with E-state index in [0.29, 0.717) is 6.54 Å². The van der Waals surface area contributed by atoms with Crippen molar-refractivity contribution in [3.8, 4) is 0 Å². The fraction of sp³-hybridized carbons (Fsp3) is 0.214. The molecule has 0 saturated carbocycles. The Balaban J connectivity index is 1.98. The Kier molecular flexibility index (Phi) is 3.54. The van der Waals surface area contributed by atoms with Gasteiger partial charge in [0.1, 0.15) is 10.6 Å². The number of hydrogen-bond donors (Lipinski definition) is 1. The number of fused-ring (bicyclic) bond motifs is 1. The van der Waals surface area contributed by atoms with Gasteiger partial charge in [-0.15, -0.1) is 11.3 Å². The molecule has 0 amide bonds. The lowest BCUT2D eigenvalue weighted by atomic mass is 10.2. The van der Waals surface area contributed by atoms with E-state index < -0.39 is 0 Å². The maximum absolute atomic E-state index is 6.00. The van der Waals surface area contributed by atoms with Crippen molar-refractivity contribution >= 4 is 39.0 Å². The van der Waals surface area contributed by atoms with Crippen LogP contribution in [0, 0.1) is 13.8 Å². The minimum atomic E-state index is 0.274. The highest BCUT2D eigenvalue weighted by Crippen LogP contribution is 2.34. The average molecular weight is 305 g/mol. The monoisotopic (exact) mass is 304 g/mol. The van der Waals surface area contributed by atoms with Gasteiger partial charge in [0, 0.05) is 23.8 Å². The number of aromatic nitrogens is 3. The van der Waals surface area contributed by atoms with Crippen LogP contribution in [-0.2, 0) is 6.54 Å². The first kappa shape index (κ1) is 13.3. The van der Waals surface area contributed by atoms with Crippen molar-refractivity contribution in [1.29, 1.82) is 0 Å². The lowest BCUT2D eigenvalue weighted by molar-refractivity contribution is 1.09. The van der Waals surface area contributed by atoms with Gasteiger partial charge in [0.05, 0.1) is 5.39 Å². The highest BCUT2D eigenvalue weighted by atomic mass is 35.5. The molecule has 0 saturated heterocycles. The minimum absolute atomic E-state index is 0.274. The molecule has 3 aromatic rings. The lowest BCUT2D eigenvalue weighted by Crippen LogP contribution is -2.03. The van der Waals surface area contributed by atoms with Crippen molar-refractivity contribution in [2.75, 3.05) is 5.32 Å². The Bertz CT molecular complexity index is 755. The molecular formula is C14H13ClN4S. The number of nitrogens with one attached hydrogen (secondary N) is 1. The fourth-order valence-corrected chi connectivity index (χ4v) is 3.29. The molecule has 20 heavy (non-hydrogen) atoms. The topological polar surface area (TPSA) is 50.7 Å². The molecular weight excluding hydrogens is 292 g/mol. The predicted molar refractivity (Wildman–Crippen MR) is 83.5 cm³/mol. The smallest absolute Gasteiger partial charge is 0.225 e. The van der Waals surface area contributed by atoms with Crippen molar-refractivity contribution in [3.05, 3.63) is 45.8 Å². The molecule has 1 N–H and O–H groups in total. The molecule has 3 aromatic heterocycles. The third-order valence-corrected chi connectivity index (χ3v) is 4.48. The fourth-order valence-electron chi connectivity index (χ4n) is 2.04. The third-order valence-electron chi connectivity index (χ3n) is 3.21.